The summed E-state index contributed by atoms with van der Waals surface area (Å²) in [6.07, 6.45) is 1.49. The first-order chi connectivity index (χ1) is 13.2. The van der Waals surface area contributed by atoms with Crippen molar-refractivity contribution in [1.82, 2.24) is 29.9 Å². The molecule has 0 radical (unpaired) electrons. The summed E-state index contributed by atoms with van der Waals surface area (Å²) in [6.45, 7) is 4.39. The van der Waals surface area contributed by atoms with Gasteiger partial charge in [0.25, 0.3) is 0 Å². The zero-order chi connectivity index (χ0) is 18.8. The Hall–Kier alpha value is -3.31. The first kappa shape index (κ1) is 17.1. The number of benzene rings is 1. The number of rotatable bonds is 4. The zero-order valence-corrected chi connectivity index (χ0v) is 15.6. The van der Waals surface area contributed by atoms with Crippen LogP contribution in [0.4, 0.5) is 0 Å². The number of nitriles is 1. The molecule has 0 atom stereocenters. The third kappa shape index (κ3) is 3.37. The van der Waals surface area contributed by atoms with Crippen molar-refractivity contribution in [1.29, 1.82) is 5.26 Å². The number of fused-ring (bicyclic) bond motifs is 1. The number of aryl methyl sites for hydroxylation is 2. The van der Waals surface area contributed by atoms with Gasteiger partial charge in [-0.3, -0.25) is 0 Å². The SMILES string of the molecule is Cc1cc(C)c(C#N)c(Sc2ncnc3c2nnn3Cc2ccccc2)n1. The molecule has 0 amide bonds. The van der Waals surface area contributed by atoms with E-state index in [9.17, 15) is 5.26 Å². The van der Waals surface area contributed by atoms with Crippen molar-refractivity contribution in [3.05, 3.63) is 65.1 Å². The Labute approximate surface area is 160 Å². The second-order valence-electron chi connectivity index (χ2n) is 6.06. The average molecular weight is 373 g/mol. The third-order valence-electron chi connectivity index (χ3n) is 4.06. The lowest BCUT2D eigenvalue weighted by molar-refractivity contribution is 0.664. The molecule has 4 aromatic rings. The second-order valence-corrected chi connectivity index (χ2v) is 7.04. The van der Waals surface area contributed by atoms with E-state index in [-0.39, 0.29) is 0 Å². The molecule has 27 heavy (non-hydrogen) atoms. The standard InChI is InChI=1S/C19H15N7S/c1-12-8-13(2)23-18(15(12)9-20)27-19-16-17(21-11-22-19)26(25-24-16)10-14-6-4-3-5-7-14/h3-8,11H,10H2,1-2H3. The van der Waals surface area contributed by atoms with E-state index in [0.29, 0.717) is 33.3 Å². The molecule has 0 aliphatic heterocycles. The van der Waals surface area contributed by atoms with E-state index in [4.69, 9.17) is 0 Å². The highest BCUT2D eigenvalue weighted by Gasteiger charge is 2.17. The van der Waals surface area contributed by atoms with Gasteiger partial charge in [0, 0.05) is 5.69 Å². The summed E-state index contributed by atoms with van der Waals surface area (Å²) in [7, 11) is 0. The number of hydrogen-bond donors (Lipinski definition) is 0. The van der Waals surface area contributed by atoms with E-state index in [0.717, 1.165) is 16.8 Å². The Morgan fingerprint density at radius 2 is 1.93 bits per heavy atom. The van der Waals surface area contributed by atoms with Crippen LogP contribution < -0.4 is 0 Å². The summed E-state index contributed by atoms with van der Waals surface area (Å²) >= 11 is 1.32. The first-order valence-electron chi connectivity index (χ1n) is 8.30. The Bertz CT molecular complexity index is 1160. The van der Waals surface area contributed by atoms with Crippen LogP contribution in [0.2, 0.25) is 0 Å². The van der Waals surface area contributed by atoms with Crippen molar-refractivity contribution >= 4 is 22.9 Å². The molecule has 3 aromatic heterocycles. The fraction of sp³-hybridized carbons (Fsp3) is 0.158. The van der Waals surface area contributed by atoms with Crippen LogP contribution in [0.1, 0.15) is 22.4 Å². The molecule has 0 bridgehead atoms. The van der Waals surface area contributed by atoms with Gasteiger partial charge in [0.15, 0.2) is 11.2 Å². The quantitative estimate of drug-likeness (QED) is 0.507. The fourth-order valence-corrected chi connectivity index (χ4v) is 3.82. The van der Waals surface area contributed by atoms with Gasteiger partial charge in [-0.05, 0) is 42.8 Å². The topological polar surface area (TPSA) is 93.2 Å². The summed E-state index contributed by atoms with van der Waals surface area (Å²) in [5.41, 5.74) is 4.66. The van der Waals surface area contributed by atoms with E-state index in [1.165, 1.54) is 18.1 Å². The molecule has 0 saturated carbocycles. The zero-order valence-electron chi connectivity index (χ0n) is 14.8. The van der Waals surface area contributed by atoms with Crippen LogP contribution in [0, 0.1) is 25.2 Å². The van der Waals surface area contributed by atoms with Crippen molar-refractivity contribution in [3.8, 4) is 6.07 Å². The summed E-state index contributed by atoms with van der Waals surface area (Å²) in [4.78, 5) is 13.2. The van der Waals surface area contributed by atoms with Crippen LogP contribution in [0.5, 0.6) is 0 Å². The number of hydrogen-bond acceptors (Lipinski definition) is 7. The highest BCUT2D eigenvalue weighted by molar-refractivity contribution is 7.99. The Morgan fingerprint density at radius 3 is 2.70 bits per heavy atom. The smallest absolute Gasteiger partial charge is 0.183 e. The van der Waals surface area contributed by atoms with Crippen molar-refractivity contribution in [2.24, 2.45) is 0 Å². The molecule has 0 unspecified atom stereocenters. The lowest BCUT2D eigenvalue weighted by Crippen LogP contribution is -2.03. The second kappa shape index (κ2) is 7.13. The van der Waals surface area contributed by atoms with E-state index in [1.54, 1.807) is 4.68 Å². The van der Waals surface area contributed by atoms with Gasteiger partial charge in [-0.15, -0.1) is 5.10 Å². The van der Waals surface area contributed by atoms with E-state index in [2.05, 4.69) is 31.3 Å². The maximum Gasteiger partial charge on any atom is 0.183 e. The first-order valence-corrected chi connectivity index (χ1v) is 9.11. The number of aromatic nitrogens is 6. The fourth-order valence-electron chi connectivity index (χ4n) is 2.81. The molecular formula is C19H15N7S. The minimum absolute atomic E-state index is 0.550. The van der Waals surface area contributed by atoms with Crippen LogP contribution in [0.25, 0.3) is 11.2 Å². The molecule has 1 aromatic carbocycles. The van der Waals surface area contributed by atoms with Crippen molar-refractivity contribution in [3.63, 3.8) is 0 Å². The Kier molecular flexibility index (Phi) is 4.52. The average Bonchev–Trinajstić information content (AvgIpc) is 3.06. The molecule has 0 aliphatic rings. The summed E-state index contributed by atoms with van der Waals surface area (Å²) in [5, 5.41) is 19.2. The van der Waals surface area contributed by atoms with Gasteiger partial charge < -0.3 is 0 Å². The molecular weight excluding hydrogens is 358 g/mol. The maximum atomic E-state index is 9.48. The van der Waals surface area contributed by atoms with Crippen LogP contribution in [-0.4, -0.2) is 29.9 Å². The molecule has 3 heterocycles. The highest BCUT2D eigenvalue weighted by Crippen LogP contribution is 2.32. The van der Waals surface area contributed by atoms with Crippen LogP contribution >= 0.6 is 11.8 Å². The van der Waals surface area contributed by atoms with Gasteiger partial charge >= 0.3 is 0 Å². The minimum Gasteiger partial charge on any atom is -0.245 e. The van der Waals surface area contributed by atoms with Gasteiger partial charge in [-0.1, -0.05) is 35.5 Å². The molecule has 0 N–H and O–H groups in total. The van der Waals surface area contributed by atoms with E-state index in [1.807, 2.05) is 50.2 Å². The maximum absolute atomic E-state index is 9.48. The van der Waals surface area contributed by atoms with Gasteiger partial charge in [0.1, 0.15) is 22.4 Å². The molecule has 0 fully saturated rings. The minimum atomic E-state index is 0.550. The lowest BCUT2D eigenvalue weighted by atomic mass is 10.1. The predicted molar refractivity (Wildman–Crippen MR) is 101 cm³/mol. The van der Waals surface area contributed by atoms with Crippen molar-refractivity contribution in [2.45, 2.75) is 30.4 Å². The third-order valence-corrected chi connectivity index (χ3v) is 5.04. The predicted octanol–water partition coefficient (Wildman–Crippen LogP) is 3.30. The van der Waals surface area contributed by atoms with Crippen LogP contribution in [0.3, 0.4) is 0 Å². The van der Waals surface area contributed by atoms with Crippen LogP contribution in [-0.2, 0) is 6.54 Å². The van der Waals surface area contributed by atoms with Gasteiger partial charge in [-0.2, -0.15) is 5.26 Å². The molecule has 0 aliphatic carbocycles. The summed E-state index contributed by atoms with van der Waals surface area (Å²) in [5.74, 6) is 0. The Balaban J connectivity index is 1.73. The molecule has 132 valence electrons. The number of pyridine rings is 1. The molecule has 0 spiro atoms. The lowest BCUT2D eigenvalue weighted by Gasteiger charge is -2.07. The van der Waals surface area contributed by atoms with Crippen molar-refractivity contribution < 1.29 is 0 Å². The normalized spacial score (nSPS) is 10.9. The monoisotopic (exact) mass is 373 g/mol. The largest absolute Gasteiger partial charge is 0.245 e. The number of nitrogens with zero attached hydrogens (tertiary/aromatic N) is 7. The van der Waals surface area contributed by atoms with Gasteiger partial charge in [-0.25, -0.2) is 19.6 Å². The summed E-state index contributed by atoms with van der Waals surface area (Å²) in [6, 6.07) is 14.1. The van der Waals surface area contributed by atoms with E-state index >= 15 is 0 Å². The molecule has 4 rings (SSSR count). The van der Waals surface area contributed by atoms with Crippen LogP contribution in [0.15, 0.2) is 52.8 Å². The van der Waals surface area contributed by atoms with E-state index < -0.39 is 0 Å². The Morgan fingerprint density at radius 1 is 1.11 bits per heavy atom. The van der Waals surface area contributed by atoms with Gasteiger partial charge in [0.05, 0.1) is 12.1 Å². The molecule has 7 nitrogen and oxygen atoms in total. The molecule has 8 heteroatoms. The highest BCUT2D eigenvalue weighted by atomic mass is 32.2. The van der Waals surface area contributed by atoms with Gasteiger partial charge in [0.2, 0.25) is 0 Å². The summed E-state index contributed by atoms with van der Waals surface area (Å²) < 4.78 is 1.75. The molecule has 0 saturated heterocycles. The van der Waals surface area contributed by atoms with Crippen molar-refractivity contribution in [2.75, 3.05) is 0 Å².